The van der Waals surface area contributed by atoms with E-state index in [1.165, 1.54) is 0 Å². The molecule has 0 spiro atoms. The molecule has 7 heteroatoms. The van der Waals surface area contributed by atoms with Crippen molar-refractivity contribution in [1.82, 2.24) is 0 Å². The average Bonchev–Trinajstić information content (AvgIpc) is 0.722. The Morgan fingerprint density at radius 3 is 1.43 bits per heavy atom. The molecule has 0 aromatic carbocycles. The molecule has 0 amide bonds. The molecule has 1 radical (unpaired) electrons. The molecule has 0 bridgehead atoms. The fraction of sp³-hybridized carbons (Fsp3) is 0. The van der Waals surface area contributed by atoms with Gasteiger partial charge in [-0.25, -0.2) is 5.14 Å². The van der Waals surface area contributed by atoms with Gasteiger partial charge in [0.25, 0.3) is 0 Å². The second kappa shape index (κ2) is 5.23. The van der Waals surface area contributed by atoms with Gasteiger partial charge in [0.1, 0.15) is 0 Å². The first-order valence-electron chi connectivity index (χ1n) is 0.752. The Balaban J connectivity index is -0.0000000800. The normalized spacial score (nSPS) is 8.29. The molecule has 0 aliphatic heterocycles. The number of hydrogen-bond acceptors (Lipinski definition) is 2. The first kappa shape index (κ1) is 15.7. The van der Waals surface area contributed by atoms with E-state index in [-0.39, 0.29) is 38.5 Å². The maximum absolute atomic E-state index is 8.97. The quantitative estimate of drug-likeness (QED) is 0.381. The number of nitrogens with two attached hydrogens (primary N) is 1. The van der Waals surface area contributed by atoms with Crippen LogP contribution in [0.15, 0.2) is 0 Å². The summed E-state index contributed by atoms with van der Waals surface area (Å²) in [5.74, 6) is 0. The van der Waals surface area contributed by atoms with E-state index < -0.39 is 10.3 Å². The van der Waals surface area contributed by atoms with Gasteiger partial charge in [-0.15, -0.1) is 0 Å². The Kier molecular flexibility index (Phi) is 11.7. The molecule has 0 saturated heterocycles. The van der Waals surface area contributed by atoms with E-state index in [4.69, 9.17) is 13.0 Å². The van der Waals surface area contributed by atoms with Crippen LogP contribution in [-0.4, -0.2) is 13.0 Å². The fourth-order valence-electron chi connectivity index (χ4n) is 0. The smallest absolute Gasteiger partial charge is 0.274 e. The third-order valence-electron chi connectivity index (χ3n) is 0. The van der Waals surface area contributed by atoms with Gasteiger partial charge >= 0.3 is 10.3 Å². The summed E-state index contributed by atoms with van der Waals surface area (Å²) >= 11 is 0. The van der Waals surface area contributed by atoms with Crippen LogP contribution in [0.25, 0.3) is 0 Å². The van der Waals surface area contributed by atoms with Gasteiger partial charge in [-0.1, -0.05) is 0 Å². The number of rotatable bonds is 0. The van der Waals surface area contributed by atoms with E-state index in [9.17, 15) is 0 Å². The minimum absolute atomic E-state index is 0. The second-order valence-corrected chi connectivity index (χ2v) is 1.54. The van der Waals surface area contributed by atoms with E-state index in [2.05, 4.69) is 5.14 Å². The van der Waals surface area contributed by atoms with Crippen molar-refractivity contribution in [2.75, 3.05) is 0 Å². The average molecular weight is 204 g/mol. The van der Waals surface area contributed by atoms with Crippen molar-refractivity contribution in [3.63, 3.8) is 0 Å². The van der Waals surface area contributed by atoms with Crippen molar-refractivity contribution in [3.05, 3.63) is 0 Å². The Labute approximate surface area is 66.8 Å². The van der Waals surface area contributed by atoms with E-state index in [1.807, 2.05) is 0 Å². The molecule has 0 fully saturated rings. The molecule has 4 nitrogen and oxygen atoms in total. The van der Waals surface area contributed by atoms with Crippen LogP contribution in [0.5, 0.6) is 0 Å². The van der Waals surface area contributed by atoms with E-state index >= 15 is 0 Å². The Hall–Kier alpha value is 1.09. The van der Waals surface area contributed by atoms with Gasteiger partial charge in [-0.3, -0.25) is 4.55 Å². The summed E-state index contributed by atoms with van der Waals surface area (Å²) in [5.41, 5.74) is 0. The molecule has 0 aliphatic carbocycles. The zero-order valence-electron chi connectivity index (χ0n) is 3.08. The van der Waals surface area contributed by atoms with Crippen molar-refractivity contribution in [1.29, 1.82) is 0 Å². The second-order valence-electron chi connectivity index (χ2n) is 0.515. The molecule has 45 valence electrons. The Bertz CT molecular complexity index is 98.1. The van der Waals surface area contributed by atoms with Crippen molar-refractivity contribution >= 4 is 10.3 Å². The standard InChI is InChI=1S/Co.H3NO3S.Ti/c;1-5(2,3)4;/h;(H3,1,2,3,4);. The molecule has 0 aromatic heterocycles. The zero-order chi connectivity index (χ0) is 4.50. The molecule has 0 atom stereocenters. The van der Waals surface area contributed by atoms with Crippen LogP contribution in [0.1, 0.15) is 0 Å². The molecule has 3 N–H and O–H groups in total. The predicted octanol–water partition coefficient (Wildman–Crippen LogP) is -1.26. The minimum atomic E-state index is -4.17. The summed E-state index contributed by atoms with van der Waals surface area (Å²) in [6.07, 6.45) is 0. The van der Waals surface area contributed by atoms with Gasteiger partial charge in [0.15, 0.2) is 0 Å². The first-order valence-corrected chi connectivity index (χ1v) is 2.25. The van der Waals surface area contributed by atoms with Crippen LogP contribution in [0.3, 0.4) is 0 Å². The van der Waals surface area contributed by atoms with Crippen molar-refractivity contribution in [2.24, 2.45) is 5.14 Å². The molecule has 0 aromatic rings. The van der Waals surface area contributed by atoms with Crippen LogP contribution in [-0.2, 0) is 48.8 Å². The van der Waals surface area contributed by atoms with Crippen LogP contribution >= 0.6 is 0 Å². The van der Waals surface area contributed by atoms with E-state index in [0.717, 1.165) is 0 Å². The fourth-order valence-corrected chi connectivity index (χ4v) is 0. The topological polar surface area (TPSA) is 80.4 Å². The summed E-state index contributed by atoms with van der Waals surface area (Å²) in [7, 11) is -4.17. The number of hydrogen-bond donors (Lipinski definition) is 2. The van der Waals surface area contributed by atoms with Crippen molar-refractivity contribution < 1.29 is 51.5 Å². The molecule has 0 saturated carbocycles. The third-order valence-corrected chi connectivity index (χ3v) is 0. The molecule has 0 heterocycles. The van der Waals surface area contributed by atoms with Crippen LogP contribution in [0.4, 0.5) is 0 Å². The van der Waals surface area contributed by atoms with Gasteiger partial charge in [0.2, 0.25) is 0 Å². The molecule has 0 unspecified atom stereocenters. The maximum Gasteiger partial charge on any atom is 0.330 e. The minimum Gasteiger partial charge on any atom is -0.274 e. The van der Waals surface area contributed by atoms with Crippen molar-refractivity contribution in [3.8, 4) is 0 Å². The van der Waals surface area contributed by atoms with Gasteiger partial charge in [0, 0.05) is 38.5 Å². The van der Waals surface area contributed by atoms with Crippen LogP contribution in [0.2, 0.25) is 0 Å². The maximum atomic E-state index is 8.97. The summed E-state index contributed by atoms with van der Waals surface area (Å²) in [5, 5.41) is 3.88. The molecule has 0 rings (SSSR count). The van der Waals surface area contributed by atoms with Gasteiger partial charge in [-0.2, -0.15) is 8.42 Å². The van der Waals surface area contributed by atoms with Gasteiger partial charge in [0.05, 0.1) is 0 Å². The van der Waals surface area contributed by atoms with E-state index in [1.54, 1.807) is 0 Å². The molecular formula is H3CoNO3STi. The summed E-state index contributed by atoms with van der Waals surface area (Å²) < 4.78 is 25.2. The van der Waals surface area contributed by atoms with Crippen LogP contribution < -0.4 is 5.14 Å². The Morgan fingerprint density at radius 1 is 1.43 bits per heavy atom. The van der Waals surface area contributed by atoms with E-state index in [0.29, 0.717) is 0 Å². The molecule has 7 heavy (non-hydrogen) atoms. The Morgan fingerprint density at radius 2 is 1.43 bits per heavy atom. The van der Waals surface area contributed by atoms with Gasteiger partial charge in [-0.05, 0) is 0 Å². The summed E-state index contributed by atoms with van der Waals surface area (Å²) in [6.45, 7) is 0. The first-order chi connectivity index (χ1) is 2.00. The SMILES string of the molecule is NS(=O)(=O)O.[Co].[Ti]. The monoisotopic (exact) mass is 204 g/mol. The summed E-state index contributed by atoms with van der Waals surface area (Å²) in [4.78, 5) is 0. The summed E-state index contributed by atoms with van der Waals surface area (Å²) in [6, 6.07) is 0. The molecular weight excluding hydrogens is 201 g/mol. The van der Waals surface area contributed by atoms with Gasteiger partial charge < -0.3 is 0 Å². The largest absolute Gasteiger partial charge is 0.330 e. The third kappa shape index (κ3) is 154. The predicted molar refractivity (Wildman–Crippen MR) is 15.7 cm³/mol. The van der Waals surface area contributed by atoms with Crippen molar-refractivity contribution in [2.45, 2.75) is 0 Å². The zero-order valence-corrected chi connectivity index (χ0v) is 6.50. The molecule has 0 aliphatic rings. The van der Waals surface area contributed by atoms with Crippen LogP contribution in [0, 0.1) is 0 Å².